The van der Waals surface area contributed by atoms with E-state index in [0.29, 0.717) is 49.1 Å². The minimum atomic E-state index is -0.321. The van der Waals surface area contributed by atoms with Gasteiger partial charge in [-0.25, -0.2) is 8.78 Å². The number of alkyl halides is 1. The lowest BCUT2D eigenvalue weighted by atomic mass is 9.97. The quantitative estimate of drug-likeness (QED) is 0.0778. The van der Waals surface area contributed by atoms with Crippen LogP contribution in [-0.2, 0) is 34.6 Å². The Balaban J connectivity index is -0.0000000387. The lowest BCUT2D eigenvalue weighted by Gasteiger charge is -2.13. The van der Waals surface area contributed by atoms with Gasteiger partial charge in [0, 0.05) is 80.2 Å². The number of hydrogen-bond donors (Lipinski definition) is 1. The fourth-order valence-electron chi connectivity index (χ4n) is 4.70. The minimum absolute atomic E-state index is 0. The molecule has 0 aromatic heterocycles. The first-order valence-electron chi connectivity index (χ1n) is 36.6. The number of aliphatic hydroxyl groups is 1. The second-order valence-corrected chi connectivity index (χ2v) is 12.1. The minimum Gasteiger partial charge on any atom is -0.497 e. The van der Waals surface area contributed by atoms with Crippen LogP contribution in [0, 0.1) is 11.6 Å². The summed E-state index contributed by atoms with van der Waals surface area (Å²) in [5.74, 6) is 0.632. The third-order valence-electron chi connectivity index (χ3n) is 7.34. The van der Waals surface area contributed by atoms with Crippen LogP contribution in [0.25, 0.3) is 22.3 Å². The van der Waals surface area contributed by atoms with Gasteiger partial charge in [0.15, 0.2) is 0 Å². The second-order valence-electron chi connectivity index (χ2n) is 11.6. The molecule has 0 spiro atoms. The molecule has 0 heterocycles. The largest absolute Gasteiger partial charge is 0.497 e. The van der Waals surface area contributed by atoms with Crippen LogP contribution < -0.4 is 9.47 Å². The number of aliphatic hydroxyl groups excluding tert-OH is 1. The molecule has 48 heavy (non-hydrogen) atoms. The Kier molecular flexibility index (Phi) is 7.56. The number of allylic oxidation sites excluding steroid dienone is 2. The van der Waals surface area contributed by atoms with E-state index in [4.69, 9.17) is 81.3 Å². The molecule has 0 saturated carbocycles. The van der Waals surface area contributed by atoms with Crippen LogP contribution in [0.2, 0.25) is 0 Å². The van der Waals surface area contributed by atoms with E-state index in [1.165, 1.54) is 23.3 Å². The zero-order valence-electron chi connectivity index (χ0n) is 70.5. The van der Waals surface area contributed by atoms with E-state index in [-0.39, 0.29) is 19.7 Å². The van der Waals surface area contributed by atoms with E-state index >= 15 is 0 Å². The molecule has 300 valence electrons. The smallest absolute Gasteiger partial charge is 0.131 e. The first-order chi connectivity index (χ1) is 44.1. The van der Waals surface area contributed by atoms with E-state index in [1.807, 2.05) is 70.2 Å². The Hall–Kier alpha value is -3.82. The van der Waals surface area contributed by atoms with Crippen LogP contribution in [0.5, 0.6) is 11.5 Å². The molecule has 0 atom stereocenters. The maximum atomic E-state index is 14.3. The van der Waals surface area contributed by atoms with Gasteiger partial charge in [-0.3, -0.25) is 0 Å². The SMILES string of the molecule is COc1ccc(F)c(-c2ccc(CBr)cc2COCC=C(C)C)c1.COc1ccc(F)c(-c2ccc(CO)cc2COCC=C(C)C)c1.[3HH].[3H][3H].[3H][3H].[3H][3H].[3H][3H].[3H][3H].[3H][3H].[3H][3H].[3H][3H].[3H][3H].[3H][3H].[3H][3H].[3H][3H].[3H][3H].[3H][3H].[3H][3H].[3H][3H].[3H][3H].[3H][3H].[3H][3H].[3H][3H].[3H][3H]. The lowest BCUT2D eigenvalue weighted by molar-refractivity contribution is 0.148. The number of halogens is 3. The molecule has 4 aromatic rings. The van der Waals surface area contributed by atoms with Crippen LogP contribution in [0.1, 0.15) is 114 Å². The van der Waals surface area contributed by atoms with Crippen LogP contribution in [0.4, 0.5) is 8.78 Å². The van der Waals surface area contributed by atoms with Gasteiger partial charge in [0.1, 0.15) is 23.1 Å². The van der Waals surface area contributed by atoms with E-state index in [0.717, 1.165) is 38.7 Å². The van der Waals surface area contributed by atoms with Crippen molar-refractivity contribution in [3.05, 3.63) is 130 Å². The maximum Gasteiger partial charge on any atom is 0.131 e. The molecule has 0 aliphatic rings. The molecule has 4 rings (SSSR count). The van der Waals surface area contributed by atoms with Gasteiger partial charge < -0.3 is 24.1 Å². The molecular formula is C40H89BrF2O5. The van der Waals surface area contributed by atoms with Crippen molar-refractivity contribution in [2.24, 2.45) is 0 Å². The molecule has 0 amide bonds. The lowest BCUT2D eigenvalue weighted by Crippen LogP contribution is -1.99. The summed E-state index contributed by atoms with van der Waals surface area (Å²) >= 11 is 3.47. The zero-order chi connectivity index (χ0) is 77.1. The van der Waals surface area contributed by atoms with Gasteiger partial charge in [-0.2, -0.15) is 0 Å². The Labute approximate surface area is 358 Å². The van der Waals surface area contributed by atoms with Crippen molar-refractivity contribution >= 4 is 15.9 Å². The average Bonchev–Trinajstić information content (AvgIpc) is 1.53. The van der Waals surface area contributed by atoms with Crippen molar-refractivity contribution in [3.8, 4) is 33.8 Å². The highest BCUT2D eigenvalue weighted by atomic mass is 79.9. The van der Waals surface area contributed by atoms with Crippen molar-refractivity contribution < 1.29 is 96.6 Å². The first-order valence-corrected chi connectivity index (χ1v) is 16.7. The van der Waals surface area contributed by atoms with E-state index < -0.39 is 0 Å². The Bertz CT molecular complexity index is 1660. The van der Waals surface area contributed by atoms with Crippen LogP contribution in [0.15, 0.2) is 96.1 Å². The highest BCUT2D eigenvalue weighted by molar-refractivity contribution is 9.08. The fourth-order valence-corrected chi connectivity index (χ4v) is 5.05. The second kappa shape index (κ2) is 19.9. The Morgan fingerprint density at radius 2 is 1.10 bits per heavy atom. The van der Waals surface area contributed by atoms with Gasteiger partial charge in [-0.05, 0) is 97.5 Å². The summed E-state index contributed by atoms with van der Waals surface area (Å²) in [6, 6.07) is 20.8. The summed E-state index contributed by atoms with van der Waals surface area (Å²) in [6.45, 7) is 9.81. The van der Waals surface area contributed by atoms with Crippen molar-refractivity contribution in [1.29, 1.82) is 0 Å². The molecule has 0 aliphatic heterocycles. The van der Waals surface area contributed by atoms with Crippen molar-refractivity contribution in [3.63, 3.8) is 0 Å². The third-order valence-corrected chi connectivity index (χ3v) is 7.99. The molecule has 0 fully saturated rings. The topological polar surface area (TPSA) is 57.2 Å². The number of hydrogen-bond acceptors (Lipinski definition) is 5. The van der Waals surface area contributed by atoms with Gasteiger partial charge in [-0.15, -0.1) is 0 Å². The van der Waals surface area contributed by atoms with Crippen molar-refractivity contribution in [2.45, 2.75) is 52.8 Å². The molecule has 8 heteroatoms. The molecule has 0 saturated heterocycles. The van der Waals surface area contributed by atoms with Gasteiger partial charge in [0.2, 0.25) is 0 Å². The monoisotopic (exact) mass is 853 g/mol. The third kappa shape index (κ3) is 11.7. The number of rotatable bonds is 14. The molecule has 0 bridgehead atoms. The van der Waals surface area contributed by atoms with Crippen molar-refractivity contribution in [1.82, 2.24) is 0 Å². The summed E-state index contributed by atoms with van der Waals surface area (Å²) in [5.41, 5.74) is 8.62. The highest BCUT2D eigenvalue weighted by Gasteiger charge is 2.14. The highest BCUT2D eigenvalue weighted by Crippen LogP contribution is 2.32. The Morgan fingerprint density at radius 3 is 1.50 bits per heavy atom. The summed E-state index contributed by atoms with van der Waals surface area (Å²) in [7, 11) is 3.13. The molecular weight excluding hydrogens is 678 g/mol. The normalized spacial score (nSPS) is 14.0. The summed E-state index contributed by atoms with van der Waals surface area (Å²) in [5, 5.41) is 10.1. The standard InChI is InChI=1S/C20H22BrFO2.C20H23FO3.22H2/c1-14(2)8-9-24-13-16-10-15(12-21)4-6-18(16)19-11-17(23-3)5-7-20(19)22;1-14(2)8-9-24-13-16-10-15(12-22)4-6-18(16)19-11-17(23-3)5-7-20(19)21;;;;;;;;;;;;;;;;;;;;;;/h4-8,10-11H,9,12-13H2,1-3H3;4-8,10-11,22H,9,12-13H2,1-3H3;22*1H/i;;21*1+2T;1+2. The molecule has 1 N–H and O–H groups in total. The van der Waals surface area contributed by atoms with Crippen LogP contribution in [0.3, 0.4) is 0 Å². The number of methoxy groups -OCH3 is 2. The average molecular weight is 854 g/mol. The molecule has 0 aliphatic carbocycles. The maximum absolute atomic E-state index is 14.3. The number of benzene rings is 4. The summed E-state index contributed by atoms with van der Waals surface area (Å²) in [4.78, 5) is 0. The first kappa shape index (κ1) is 18.3. The Morgan fingerprint density at radius 1 is 0.667 bits per heavy atom. The summed E-state index contributed by atoms with van der Waals surface area (Å²) in [6.07, 6.45) is 4.02. The molecule has 5 nitrogen and oxygen atoms in total. The van der Waals surface area contributed by atoms with Crippen LogP contribution >= 0.6 is 15.9 Å². The van der Waals surface area contributed by atoms with Gasteiger partial charge >= 0.3 is 0 Å². The molecule has 0 radical (unpaired) electrons. The number of ether oxygens (including phenoxy) is 4. The predicted octanol–water partition coefficient (Wildman–Crippen LogP) is 15.8. The predicted molar refractivity (Wildman–Crippen MR) is 240 cm³/mol. The van der Waals surface area contributed by atoms with Gasteiger partial charge in [-0.1, -0.05) is 75.6 Å². The van der Waals surface area contributed by atoms with Crippen molar-refractivity contribution in [2.75, 3.05) is 27.4 Å². The van der Waals surface area contributed by atoms with E-state index in [2.05, 4.69) is 15.9 Å². The summed E-state index contributed by atoms with van der Waals surface area (Å²) < 4.78 is 260. The van der Waals surface area contributed by atoms with E-state index in [1.54, 1.807) is 44.6 Å². The van der Waals surface area contributed by atoms with E-state index in [9.17, 15) is 13.9 Å². The fraction of sp³-hybridized carbons (Fsp3) is 0.300. The molecule has 0 unspecified atom stereocenters. The van der Waals surface area contributed by atoms with Gasteiger partial charge in [0.25, 0.3) is 0 Å². The van der Waals surface area contributed by atoms with Gasteiger partial charge in [0.05, 0.1) is 47.3 Å². The molecule has 4 aromatic carbocycles. The van der Waals surface area contributed by atoms with Crippen LogP contribution in [-0.4, -0.2) is 32.5 Å². The zero-order valence-corrected chi connectivity index (χ0v) is 30.1.